The van der Waals surface area contributed by atoms with Crippen molar-refractivity contribution in [1.82, 2.24) is 15.5 Å². The number of likely N-dealkylation sites (tertiary alicyclic amines) is 1. The van der Waals surface area contributed by atoms with Crippen molar-refractivity contribution < 1.29 is 19.1 Å². The fourth-order valence-electron chi connectivity index (χ4n) is 4.26. The molecule has 7 nitrogen and oxygen atoms in total. The molecule has 0 radical (unpaired) electrons. The van der Waals surface area contributed by atoms with E-state index >= 15 is 0 Å². The third-order valence-corrected chi connectivity index (χ3v) is 6.30. The summed E-state index contributed by atoms with van der Waals surface area (Å²) in [6, 6.07) is 16.2. The van der Waals surface area contributed by atoms with Gasteiger partial charge < -0.3 is 20.3 Å². The van der Waals surface area contributed by atoms with Crippen molar-refractivity contribution in [3.8, 4) is 5.75 Å². The van der Waals surface area contributed by atoms with E-state index in [-0.39, 0.29) is 23.6 Å². The average Bonchev–Trinajstić information content (AvgIpc) is 2.89. The minimum Gasteiger partial charge on any atom is -0.497 e. The van der Waals surface area contributed by atoms with Crippen molar-refractivity contribution in [2.75, 3.05) is 26.7 Å². The molecule has 0 aliphatic carbocycles. The molecule has 2 aromatic carbocycles. The molecule has 0 saturated carbocycles. The molecule has 0 bridgehead atoms. The summed E-state index contributed by atoms with van der Waals surface area (Å²) in [6.45, 7) is 3.73. The van der Waals surface area contributed by atoms with Gasteiger partial charge in [-0.1, -0.05) is 37.3 Å². The van der Waals surface area contributed by atoms with E-state index in [4.69, 9.17) is 4.74 Å². The highest BCUT2D eigenvalue weighted by Gasteiger charge is 2.33. The van der Waals surface area contributed by atoms with Crippen molar-refractivity contribution in [3.63, 3.8) is 0 Å². The smallest absolute Gasteiger partial charge is 0.251 e. The van der Waals surface area contributed by atoms with Crippen LogP contribution >= 0.6 is 0 Å². The van der Waals surface area contributed by atoms with Gasteiger partial charge in [0.2, 0.25) is 11.8 Å². The number of hydrogen-bond acceptors (Lipinski definition) is 4. The number of nitrogens with zero attached hydrogens (tertiary/aromatic N) is 1. The number of ether oxygens (including phenoxy) is 1. The van der Waals surface area contributed by atoms with Crippen LogP contribution in [-0.4, -0.2) is 55.4 Å². The van der Waals surface area contributed by atoms with Gasteiger partial charge in [0.05, 0.1) is 7.11 Å². The van der Waals surface area contributed by atoms with E-state index in [2.05, 4.69) is 10.6 Å². The SMILES string of the molecule is CCCNC(=O)[C@@H](NC(=O)c1ccc(OC)cc1)C1CCN(C(=O)CCc2ccccc2)CC1. The standard InChI is InChI=1S/C27H35N3O4/c1-3-17-28-27(33)25(29-26(32)22-10-12-23(34-2)13-11-22)21-15-18-30(19-16-21)24(31)14-9-20-7-5-4-6-8-20/h4-8,10-13,21,25H,3,9,14-19H2,1-2H3,(H,28,33)(H,29,32)/t25-/m0/s1. The first-order chi connectivity index (χ1) is 16.5. The summed E-state index contributed by atoms with van der Waals surface area (Å²) in [5.41, 5.74) is 1.63. The lowest BCUT2D eigenvalue weighted by molar-refractivity contribution is -0.133. The van der Waals surface area contributed by atoms with Crippen LogP contribution in [0.5, 0.6) is 5.75 Å². The minimum atomic E-state index is -0.636. The van der Waals surface area contributed by atoms with Gasteiger partial charge in [0, 0.05) is 31.6 Å². The first kappa shape index (κ1) is 25.3. The molecule has 1 fully saturated rings. The molecule has 182 valence electrons. The van der Waals surface area contributed by atoms with Crippen LogP contribution in [0.1, 0.15) is 48.5 Å². The summed E-state index contributed by atoms with van der Waals surface area (Å²) in [5.74, 6) is 0.310. The molecule has 34 heavy (non-hydrogen) atoms. The van der Waals surface area contributed by atoms with Crippen LogP contribution in [0.25, 0.3) is 0 Å². The number of methoxy groups -OCH3 is 1. The monoisotopic (exact) mass is 465 g/mol. The molecule has 1 atom stereocenters. The summed E-state index contributed by atoms with van der Waals surface area (Å²) in [5, 5.41) is 5.87. The second kappa shape index (κ2) is 12.8. The highest BCUT2D eigenvalue weighted by Crippen LogP contribution is 2.23. The fourth-order valence-corrected chi connectivity index (χ4v) is 4.26. The fraction of sp³-hybridized carbons (Fsp3) is 0.444. The zero-order valence-corrected chi connectivity index (χ0v) is 20.1. The first-order valence-electron chi connectivity index (χ1n) is 12.1. The Morgan fingerprint density at radius 2 is 1.71 bits per heavy atom. The van der Waals surface area contributed by atoms with Gasteiger partial charge in [0.1, 0.15) is 11.8 Å². The van der Waals surface area contributed by atoms with Gasteiger partial charge in [-0.2, -0.15) is 0 Å². The molecule has 1 saturated heterocycles. The third kappa shape index (κ3) is 7.07. The molecular formula is C27H35N3O4. The molecule has 2 aromatic rings. The number of amides is 3. The number of nitrogens with one attached hydrogen (secondary N) is 2. The van der Waals surface area contributed by atoms with Gasteiger partial charge in [-0.25, -0.2) is 0 Å². The van der Waals surface area contributed by atoms with Crippen LogP contribution in [0.4, 0.5) is 0 Å². The maximum absolute atomic E-state index is 12.9. The Bertz CT molecular complexity index is 938. The lowest BCUT2D eigenvalue weighted by atomic mass is 9.88. The van der Waals surface area contributed by atoms with Crippen molar-refractivity contribution in [2.45, 2.75) is 45.1 Å². The summed E-state index contributed by atoms with van der Waals surface area (Å²) in [4.78, 5) is 40.4. The predicted octanol–water partition coefficient (Wildman–Crippen LogP) is 3.19. The normalized spacial score (nSPS) is 14.8. The van der Waals surface area contributed by atoms with E-state index in [9.17, 15) is 14.4 Å². The molecule has 0 unspecified atom stereocenters. The summed E-state index contributed by atoms with van der Waals surface area (Å²) in [7, 11) is 1.57. The number of carbonyl (C=O) groups excluding carboxylic acids is 3. The van der Waals surface area contributed by atoms with Gasteiger partial charge in [0.15, 0.2) is 0 Å². The van der Waals surface area contributed by atoms with Crippen LogP contribution in [0.15, 0.2) is 54.6 Å². The quantitative estimate of drug-likeness (QED) is 0.564. The lowest BCUT2D eigenvalue weighted by Gasteiger charge is -2.36. The molecule has 1 heterocycles. The van der Waals surface area contributed by atoms with Crippen LogP contribution in [0.2, 0.25) is 0 Å². The van der Waals surface area contributed by atoms with Crippen LogP contribution in [-0.2, 0) is 16.0 Å². The number of benzene rings is 2. The van der Waals surface area contributed by atoms with E-state index in [0.717, 1.165) is 18.4 Å². The molecule has 1 aliphatic rings. The van der Waals surface area contributed by atoms with Crippen LogP contribution < -0.4 is 15.4 Å². The van der Waals surface area contributed by atoms with E-state index in [1.807, 2.05) is 42.2 Å². The molecule has 7 heteroatoms. The number of hydrogen-bond donors (Lipinski definition) is 2. The number of rotatable bonds is 10. The van der Waals surface area contributed by atoms with E-state index < -0.39 is 6.04 Å². The second-order valence-corrected chi connectivity index (χ2v) is 8.67. The molecule has 3 rings (SSSR count). The largest absolute Gasteiger partial charge is 0.497 e. The number of piperidine rings is 1. The van der Waals surface area contributed by atoms with Crippen molar-refractivity contribution in [1.29, 1.82) is 0 Å². The maximum Gasteiger partial charge on any atom is 0.251 e. The van der Waals surface area contributed by atoms with E-state index in [0.29, 0.717) is 50.2 Å². The molecule has 2 N–H and O–H groups in total. The zero-order valence-electron chi connectivity index (χ0n) is 20.1. The molecule has 3 amide bonds. The Hall–Kier alpha value is -3.35. The van der Waals surface area contributed by atoms with Crippen LogP contribution in [0, 0.1) is 5.92 Å². The van der Waals surface area contributed by atoms with Gasteiger partial charge in [-0.3, -0.25) is 14.4 Å². The van der Waals surface area contributed by atoms with Gasteiger partial charge in [-0.05, 0) is 61.4 Å². The predicted molar refractivity (Wildman–Crippen MR) is 132 cm³/mol. The number of carbonyl (C=O) groups is 3. The van der Waals surface area contributed by atoms with Gasteiger partial charge >= 0.3 is 0 Å². The summed E-state index contributed by atoms with van der Waals surface area (Å²) in [6.07, 6.45) is 3.36. The Morgan fingerprint density at radius 3 is 2.32 bits per heavy atom. The maximum atomic E-state index is 12.9. The Kier molecular flexibility index (Phi) is 9.50. The Morgan fingerprint density at radius 1 is 1.03 bits per heavy atom. The van der Waals surface area contributed by atoms with Crippen LogP contribution in [0.3, 0.4) is 0 Å². The Balaban J connectivity index is 1.58. The van der Waals surface area contributed by atoms with E-state index in [1.54, 1.807) is 31.4 Å². The minimum absolute atomic E-state index is 0.0303. The number of aryl methyl sites for hydroxylation is 1. The van der Waals surface area contributed by atoms with Crippen molar-refractivity contribution in [2.24, 2.45) is 5.92 Å². The van der Waals surface area contributed by atoms with Gasteiger partial charge in [0.25, 0.3) is 5.91 Å². The highest BCUT2D eigenvalue weighted by molar-refractivity contribution is 5.97. The first-order valence-corrected chi connectivity index (χ1v) is 12.1. The van der Waals surface area contributed by atoms with E-state index in [1.165, 1.54) is 0 Å². The average molecular weight is 466 g/mol. The molecule has 1 aliphatic heterocycles. The molecule has 0 aromatic heterocycles. The molecule has 0 spiro atoms. The lowest BCUT2D eigenvalue weighted by Crippen LogP contribution is -2.54. The summed E-state index contributed by atoms with van der Waals surface area (Å²) >= 11 is 0. The summed E-state index contributed by atoms with van der Waals surface area (Å²) < 4.78 is 5.15. The topological polar surface area (TPSA) is 87.7 Å². The van der Waals surface area contributed by atoms with Crippen molar-refractivity contribution in [3.05, 3.63) is 65.7 Å². The second-order valence-electron chi connectivity index (χ2n) is 8.67. The third-order valence-electron chi connectivity index (χ3n) is 6.30. The zero-order chi connectivity index (χ0) is 24.3. The highest BCUT2D eigenvalue weighted by atomic mass is 16.5. The Labute approximate surface area is 201 Å². The van der Waals surface area contributed by atoms with Gasteiger partial charge in [-0.15, -0.1) is 0 Å². The molecular weight excluding hydrogens is 430 g/mol. The van der Waals surface area contributed by atoms with Crippen molar-refractivity contribution >= 4 is 17.7 Å².